The summed E-state index contributed by atoms with van der Waals surface area (Å²) < 4.78 is 19.5. The Bertz CT molecular complexity index is 982. The van der Waals surface area contributed by atoms with Gasteiger partial charge in [0, 0.05) is 31.0 Å². The Morgan fingerprint density at radius 2 is 1.75 bits per heavy atom. The van der Waals surface area contributed by atoms with Crippen LogP contribution in [0.15, 0.2) is 54.7 Å². The van der Waals surface area contributed by atoms with Crippen LogP contribution in [0.4, 0.5) is 10.1 Å². The van der Waals surface area contributed by atoms with Crippen LogP contribution in [0.2, 0.25) is 0 Å². The highest BCUT2D eigenvalue weighted by molar-refractivity contribution is 6.06. The number of amides is 2. The number of anilines is 1. The summed E-state index contributed by atoms with van der Waals surface area (Å²) in [4.78, 5) is 24.6. The van der Waals surface area contributed by atoms with Gasteiger partial charge in [0.25, 0.3) is 11.8 Å². The molecule has 0 bridgehead atoms. The lowest BCUT2D eigenvalue weighted by Gasteiger charge is -2.08. The average Bonchev–Trinajstić information content (AvgIpc) is 3.09. The fourth-order valence-electron chi connectivity index (χ4n) is 2.56. The fraction of sp³-hybridized carbons (Fsp3) is 0.150. The minimum absolute atomic E-state index is 0.233. The summed E-state index contributed by atoms with van der Waals surface area (Å²) in [5.74, 6) is -0.719. The van der Waals surface area contributed by atoms with E-state index in [2.05, 4.69) is 15.7 Å². The average molecular weight is 382 g/mol. The number of nitrogens with one attached hydrogen (secondary N) is 2. The van der Waals surface area contributed by atoms with E-state index in [9.17, 15) is 14.0 Å². The predicted octanol–water partition coefficient (Wildman–Crippen LogP) is 2.75. The third-order valence-electron chi connectivity index (χ3n) is 4.00. The molecule has 0 radical (unpaired) electrons. The molecular formula is C20H19FN4O3. The maximum Gasteiger partial charge on any atom is 0.262 e. The standard InChI is InChI=1S/C20H19FN4O3/c1-25-12-17(20(24-25)28-2)19(27)23-16-9-5-14(6-10-16)18(26)22-11-13-3-7-15(21)8-4-13/h3-10,12H,11H2,1-2H3,(H,22,26)(H,23,27). The second kappa shape index (κ2) is 8.34. The SMILES string of the molecule is COc1nn(C)cc1C(=O)Nc1ccc(C(=O)NCc2ccc(F)cc2)cc1. The molecule has 0 aliphatic heterocycles. The molecule has 28 heavy (non-hydrogen) atoms. The van der Waals surface area contributed by atoms with Crippen LogP contribution in [0.25, 0.3) is 0 Å². The molecule has 0 saturated heterocycles. The highest BCUT2D eigenvalue weighted by Gasteiger charge is 2.16. The number of carbonyl (C=O) groups is 2. The van der Waals surface area contributed by atoms with Gasteiger partial charge < -0.3 is 15.4 Å². The first kappa shape index (κ1) is 19.1. The molecule has 0 aliphatic carbocycles. The normalized spacial score (nSPS) is 10.4. The van der Waals surface area contributed by atoms with Gasteiger partial charge in [0.05, 0.1) is 7.11 Å². The molecule has 0 aliphatic rings. The first-order valence-corrected chi connectivity index (χ1v) is 8.48. The zero-order valence-corrected chi connectivity index (χ0v) is 15.4. The molecule has 1 aromatic heterocycles. The van der Waals surface area contributed by atoms with Crippen LogP contribution in [0.5, 0.6) is 5.88 Å². The van der Waals surface area contributed by atoms with Crippen molar-refractivity contribution < 1.29 is 18.7 Å². The molecule has 2 aromatic carbocycles. The van der Waals surface area contributed by atoms with Gasteiger partial charge in [-0.3, -0.25) is 14.3 Å². The molecule has 0 spiro atoms. The van der Waals surface area contributed by atoms with Crippen molar-refractivity contribution in [2.24, 2.45) is 7.05 Å². The molecule has 1 heterocycles. The van der Waals surface area contributed by atoms with Gasteiger partial charge in [-0.15, -0.1) is 5.10 Å². The van der Waals surface area contributed by atoms with Crippen molar-refractivity contribution in [3.63, 3.8) is 0 Å². The van der Waals surface area contributed by atoms with Crippen molar-refractivity contribution in [1.82, 2.24) is 15.1 Å². The van der Waals surface area contributed by atoms with E-state index in [0.717, 1.165) is 5.56 Å². The summed E-state index contributed by atoms with van der Waals surface area (Å²) in [6.45, 7) is 0.290. The summed E-state index contributed by atoms with van der Waals surface area (Å²) in [5, 5.41) is 9.54. The fourth-order valence-corrected chi connectivity index (χ4v) is 2.56. The number of benzene rings is 2. The van der Waals surface area contributed by atoms with Crippen molar-refractivity contribution in [3.05, 3.63) is 77.2 Å². The monoisotopic (exact) mass is 382 g/mol. The number of ether oxygens (including phenoxy) is 1. The van der Waals surface area contributed by atoms with E-state index in [-0.39, 0.29) is 23.5 Å². The van der Waals surface area contributed by atoms with Crippen molar-refractivity contribution >= 4 is 17.5 Å². The van der Waals surface area contributed by atoms with E-state index >= 15 is 0 Å². The first-order chi connectivity index (χ1) is 13.5. The van der Waals surface area contributed by atoms with Crippen molar-refractivity contribution in [2.75, 3.05) is 12.4 Å². The van der Waals surface area contributed by atoms with E-state index in [1.807, 2.05) is 0 Å². The molecule has 144 valence electrons. The Morgan fingerprint density at radius 1 is 1.07 bits per heavy atom. The Kier molecular flexibility index (Phi) is 5.69. The first-order valence-electron chi connectivity index (χ1n) is 8.48. The van der Waals surface area contributed by atoms with Crippen LogP contribution in [0, 0.1) is 5.82 Å². The van der Waals surface area contributed by atoms with Gasteiger partial charge >= 0.3 is 0 Å². The number of carbonyl (C=O) groups excluding carboxylic acids is 2. The van der Waals surface area contributed by atoms with Gasteiger partial charge in [0.15, 0.2) is 0 Å². The Balaban J connectivity index is 1.60. The van der Waals surface area contributed by atoms with Gasteiger partial charge in [-0.2, -0.15) is 0 Å². The molecule has 0 saturated carbocycles. The largest absolute Gasteiger partial charge is 0.479 e. The molecular weight excluding hydrogens is 363 g/mol. The van der Waals surface area contributed by atoms with Crippen LogP contribution >= 0.6 is 0 Å². The zero-order chi connectivity index (χ0) is 20.1. The topological polar surface area (TPSA) is 85.2 Å². The minimum Gasteiger partial charge on any atom is -0.479 e. The zero-order valence-electron chi connectivity index (χ0n) is 15.4. The number of hydrogen-bond acceptors (Lipinski definition) is 4. The van der Waals surface area contributed by atoms with E-state index < -0.39 is 0 Å². The van der Waals surface area contributed by atoms with Crippen molar-refractivity contribution in [3.8, 4) is 5.88 Å². The Morgan fingerprint density at radius 3 is 2.39 bits per heavy atom. The van der Waals surface area contributed by atoms with E-state index in [1.54, 1.807) is 49.6 Å². The minimum atomic E-state index is -0.363. The number of rotatable bonds is 6. The molecule has 2 N–H and O–H groups in total. The van der Waals surface area contributed by atoms with E-state index in [1.165, 1.54) is 23.9 Å². The van der Waals surface area contributed by atoms with Crippen molar-refractivity contribution in [1.29, 1.82) is 0 Å². The highest BCUT2D eigenvalue weighted by atomic mass is 19.1. The summed E-state index contributed by atoms with van der Waals surface area (Å²) >= 11 is 0. The van der Waals surface area contributed by atoms with Crippen LogP contribution in [0.3, 0.4) is 0 Å². The van der Waals surface area contributed by atoms with Crippen LogP contribution in [-0.2, 0) is 13.6 Å². The smallest absolute Gasteiger partial charge is 0.262 e. The van der Waals surface area contributed by atoms with Crippen molar-refractivity contribution in [2.45, 2.75) is 6.54 Å². The summed E-state index contributed by atoms with van der Waals surface area (Å²) in [6.07, 6.45) is 1.56. The molecule has 0 unspecified atom stereocenters. The molecule has 8 heteroatoms. The van der Waals surface area contributed by atoms with Crippen LogP contribution in [-0.4, -0.2) is 28.7 Å². The van der Waals surface area contributed by atoms with E-state index in [0.29, 0.717) is 23.4 Å². The molecule has 0 atom stereocenters. The number of aromatic nitrogens is 2. The molecule has 3 aromatic rings. The van der Waals surface area contributed by atoms with Gasteiger partial charge in [0.1, 0.15) is 11.4 Å². The molecule has 0 fully saturated rings. The van der Waals surface area contributed by atoms with Crippen LogP contribution in [0.1, 0.15) is 26.3 Å². The Labute approximate surface area is 161 Å². The molecule has 7 nitrogen and oxygen atoms in total. The number of methoxy groups -OCH3 is 1. The number of aryl methyl sites for hydroxylation is 1. The third kappa shape index (κ3) is 4.53. The predicted molar refractivity (Wildman–Crippen MR) is 102 cm³/mol. The van der Waals surface area contributed by atoms with Gasteiger partial charge in [-0.25, -0.2) is 4.39 Å². The quantitative estimate of drug-likeness (QED) is 0.687. The summed E-state index contributed by atoms with van der Waals surface area (Å²) in [6, 6.07) is 12.4. The maximum absolute atomic E-state index is 12.9. The number of nitrogens with zero attached hydrogens (tertiary/aromatic N) is 2. The lowest BCUT2D eigenvalue weighted by Crippen LogP contribution is -2.22. The summed E-state index contributed by atoms with van der Waals surface area (Å²) in [5.41, 5.74) is 2.08. The third-order valence-corrected chi connectivity index (χ3v) is 4.00. The highest BCUT2D eigenvalue weighted by Crippen LogP contribution is 2.17. The lowest BCUT2D eigenvalue weighted by molar-refractivity contribution is 0.0950. The Hall–Kier alpha value is -3.68. The molecule has 2 amide bonds. The second-order valence-corrected chi connectivity index (χ2v) is 6.07. The second-order valence-electron chi connectivity index (χ2n) is 6.07. The van der Waals surface area contributed by atoms with Gasteiger partial charge in [0.2, 0.25) is 5.88 Å². The number of hydrogen-bond donors (Lipinski definition) is 2. The lowest BCUT2D eigenvalue weighted by atomic mass is 10.1. The van der Waals surface area contributed by atoms with Gasteiger partial charge in [-0.1, -0.05) is 12.1 Å². The number of halogens is 1. The van der Waals surface area contributed by atoms with Crippen LogP contribution < -0.4 is 15.4 Å². The van der Waals surface area contributed by atoms with Gasteiger partial charge in [-0.05, 0) is 42.0 Å². The van der Waals surface area contributed by atoms with E-state index in [4.69, 9.17) is 4.74 Å². The molecule has 3 rings (SSSR count). The maximum atomic E-state index is 12.9. The summed E-state index contributed by atoms with van der Waals surface area (Å²) in [7, 11) is 3.14.